The highest BCUT2D eigenvalue weighted by Gasteiger charge is 2.12. The zero-order valence-electron chi connectivity index (χ0n) is 12.9. The number of aromatic nitrogens is 1. The summed E-state index contributed by atoms with van der Waals surface area (Å²) in [6, 6.07) is 24.1. The van der Waals surface area contributed by atoms with Crippen LogP contribution in [0.3, 0.4) is 0 Å². The highest BCUT2D eigenvalue weighted by atomic mass is 14.9. The van der Waals surface area contributed by atoms with Crippen molar-refractivity contribution in [3.63, 3.8) is 0 Å². The van der Waals surface area contributed by atoms with Crippen LogP contribution in [-0.2, 0) is 7.05 Å². The molecule has 22 heavy (non-hydrogen) atoms. The van der Waals surface area contributed by atoms with Crippen molar-refractivity contribution in [3.05, 3.63) is 78.5 Å². The lowest BCUT2D eigenvalue weighted by Crippen LogP contribution is -2.30. The predicted molar refractivity (Wildman–Crippen MR) is 92.8 cm³/mol. The summed E-state index contributed by atoms with van der Waals surface area (Å²) in [4.78, 5) is 0. The molecule has 0 saturated carbocycles. The maximum atomic E-state index is 2.31. The van der Waals surface area contributed by atoms with Gasteiger partial charge in [0.25, 0.3) is 0 Å². The molecule has 0 saturated heterocycles. The van der Waals surface area contributed by atoms with E-state index >= 15 is 0 Å². The van der Waals surface area contributed by atoms with Crippen LogP contribution in [0.5, 0.6) is 0 Å². The van der Waals surface area contributed by atoms with Crippen molar-refractivity contribution >= 4 is 21.5 Å². The van der Waals surface area contributed by atoms with Crippen LogP contribution in [0, 0.1) is 6.92 Å². The van der Waals surface area contributed by atoms with E-state index in [4.69, 9.17) is 0 Å². The van der Waals surface area contributed by atoms with Gasteiger partial charge in [-0.05, 0) is 58.3 Å². The molecule has 0 aliphatic carbocycles. The maximum Gasteiger partial charge on any atom is 0.212 e. The highest BCUT2D eigenvalue weighted by Crippen LogP contribution is 2.29. The molecule has 1 aromatic heterocycles. The zero-order chi connectivity index (χ0) is 15.1. The van der Waals surface area contributed by atoms with Gasteiger partial charge in [-0.3, -0.25) is 0 Å². The molecule has 0 N–H and O–H groups in total. The third-order valence-corrected chi connectivity index (χ3v) is 4.38. The van der Waals surface area contributed by atoms with Gasteiger partial charge in [-0.25, -0.2) is 4.57 Å². The Hall–Kier alpha value is -2.67. The van der Waals surface area contributed by atoms with Crippen LogP contribution < -0.4 is 4.57 Å². The van der Waals surface area contributed by atoms with Crippen molar-refractivity contribution in [2.75, 3.05) is 0 Å². The first-order chi connectivity index (χ1) is 10.7. The van der Waals surface area contributed by atoms with E-state index < -0.39 is 0 Å². The Labute approximate surface area is 130 Å². The number of benzene rings is 3. The van der Waals surface area contributed by atoms with Crippen molar-refractivity contribution in [2.45, 2.75) is 6.92 Å². The molecule has 3 aromatic carbocycles. The Balaban J connectivity index is 2.03. The van der Waals surface area contributed by atoms with Crippen molar-refractivity contribution in [3.8, 4) is 11.3 Å². The van der Waals surface area contributed by atoms with Gasteiger partial charge in [0, 0.05) is 17.7 Å². The fourth-order valence-corrected chi connectivity index (χ4v) is 3.18. The van der Waals surface area contributed by atoms with Crippen LogP contribution in [0.15, 0.2) is 72.9 Å². The Bertz CT molecular complexity index is 999. The first-order valence-corrected chi connectivity index (χ1v) is 7.60. The zero-order valence-corrected chi connectivity index (χ0v) is 12.9. The van der Waals surface area contributed by atoms with Gasteiger partial charge in [0.15, 0.2) is 6.20 Å². The second kappa shape index (κ2) is 4.96. The summed E-state index contributed by atoms with van der Waals surface area (Å²) in [5, 5.41) is 5.19. The van der Waals surface area contributed by atoms with Gasteiger partial charge in [-0.15, -0.1) is 0 Å². The number of nitrogens with zero attached hydrogens (tertiary/aromatic N) is 1. The molecule has 0 amide bonds. The number of hydrogen-bond donors (Lipinski definition) is 0. The number of aryl methyl sites for hydroxylation is 2. The average molecular weight is 284 g/mol. The van der Waals surface area contributed by atoms with Gasteiger partial charge < -0.3 is 0 Å². The van der Waals surface area contributed by atoms with Crippen LogP contribution in [0.4, 0.5) is 0 Å². The monoisotopic (exact) mass is 284 g/mol. The van der Waals surface area contributed by atoms with Gasteiger partial charge in [0.2, 0.25) is 5.69 Å². The third-order valence-electron chi connectivity index (χ3n) is 4.38. The molecular weight excluding hydrogens is 266 g/mol. The second-order valence-corrected chi connectivity index (χ2v) is 5.91. The number of rotatable bonds is 1. The molecule has 4 rings (SSSR count). The topological polar surface area (TPSA) is 3.88 Å². The molecular formula is C21H18N+. The smallest absolute Gasteiger partial charge is 0.201 e. The van der Waals surface area contributed by atoms with Crippen molar-refractivity contribution in [2.24, 2.45) is 7.05 Å². The minimum absolute atomic E-state index is 1.25. The highest BCUT2D eigenvalue weighted by molar-refractivity contribution is 6.00. The lowest BCUT2D eigenvalue weighted by molar-refractivity contribution is -0.660. The summed E-state index contributed by atoms with van der Waals surface area (Å²) in [6.45, 7) is 2.19. The maximum absolute atomic E-state index is 2.31. The van der Waals surface area contributed by atoms with Crippen LogP contribution in [0.25, 0.3) is 32.8 Å². The summed E-state index contributed by atoms with van der Waals surface area (Å²) in [5.74, 6) is 0. The van der Waals surface area contributed by atoms with Crippen molar-refractivity contribution in [1.82, 2.24) is 0 Å². The van der Waals surface area contributed by atoms with E-state index in [9.17, 15) is 0 Å². The summed E-state index contributed by atoms with van der Waals surface area (Å²) in [6.07, 6.45) is 2.10. The first-order valence-electron chi connectivity index (χ1n) is 7.60. The summed E-state index contributed by atoms with van der Waals surface area (Å²) < 4.78 is 2.18. The molecule has 0 aliphatic heterocycles. The first kappa shape index (κ1) is 13.0. The van der Waals surface area contributed by atoms with Crippen LogP contribution >= 0.6 is 0 Å². The van der Waals surface area contributed by atoms with Crippen molar-refractivity contribution in [1.29, 1.82) is 0 Å². The van der Waals surface area contributed by atoms with E-state index in [0.29, 0.717) is 0 Å². The summed E-state index contributed by atoms with van der Waals surface area (Å²) in [7, 11) is 2.10. The fraction of sp³-hybridized carbons (Fsp3) is 0.0952. The number of fused-ring (bicyclic) bond motifs is 2. The molecule has 0 radical (unpaired) electrons. The van der Waals surface area contributed by atoms with E-state index in [1.165, 1.54) is 38.4 Å². The average Bonchev–Trinajstić information content (AvgIpc) is 2.53. The Morgan fingerprint density at radius 1 is 0.682 bits per heavy atom. The van der Waals surface area contributed by atoms with Gasteiger partial charge in [-0.1, -0.05) is 30.3 Å². The Morgan fingerprint density at radius 3 is 2.00 bits per heavy atom. The Morgan fingerprint density at radius 2 is 1.32 bits per heavy atom. The molecule has 0 bridgehead atoms. The summed E-state index contributed by atoms with van der Waals surface area (Å²) >= 11 is 0. The minimum Gasteiger partial charge on any atom is -0.201 e. The van der Waals surface area contributed by atoms with Crippen LogP contribution in [-0.4, -0.2) is 0 Å². The molecule has 4 aromatic rings. The molecule has 0 atom stereocenters. The minimum atomic E-state index is 1.25. The lowest BCUT2D eigenvalue weighted by Gasteiger charge is -2.08. The Kier molecular flexibility index (Phi) is 2.93. The van der Waals surface area contributed by atoms with Gasteiger partial charge in [-0.2, -0.15) is 0 Å². The fourth-order valence-electron chi connectivity index (χ4n) is 3.18. The number of pyridine rings is 1. The third kappa shape index (κ3) is 2.06. The van der Waals surface area contributed by atoms with E-state index in [-0.39, 0.29) is 0 Å². The van der Waals surface area contributed by atoms with Crippen LogP contribution in [0.2, 0.25) is 0 Å². The van der Waals surface area contributed by atoms with Gasteiger partial charge in [0.1, 0.15) is 7.05 Å². The standard InChI is InChI=1S/C21H18N/c1-15-11-18-12-16-7-3-4-8-17(16)13-19(18)14-20(15)21-9-5-6-10-22(21)2/h3-14H,1-2H3/q+1. The van der Waals surface area contributed by atoms with E-state index in [1.807, 2.05) is 0 Å². The predicted octanol–water partition coefficient (Wildman–Crippen LogP) is 4.79. The SMILES string of the molecule is Cc1cc2cc3ccccc3cc2cc1-c1cccc[n+]1C. The summed E-state index contributed by atoms with van der Waals surface area (Å²) in [5.41, 5.74) is 3.85. The molecule has 1 heterocycles. The quantitative estimate of drug-likeness (QED) is 0.349. The van der Waals surface area contributed by atoms with Crippen molar-refractivity contribution < 1.29 is 4.57 Å². The van der Waals surface area contributed by atoms with E-state index in [2.05, 4.69) is 91.5 Å². The number of hydrogen-bond acceptors (Lipinski definition) is 0. The molecule has 1 nitrogen and oxygen atoms in total. The van der Waals surface area contributed by atoms with Gasteiger partial charge >= 0.3 is 0 Å². The van der Waals surface area contributed by atoms with E-state index in [0.717, 1.165) is 0 Å². The van der Waals surface area contributed by atoms with Gasteiger partial charge in [0.05, 0.1) is 0 Å². The molecule has 0 fully saturated rings. The molecule has 0 unspecified atom stereocenters. The van der Waals surface area contributed by atoms with E-state index in [1.54, 1.807) is 0 Å². The normalized spacial score (nSPS) is 11.2. The van der Waals surface area contributed by atoms with Crippen LogP contribution in [0.1, 0.15) is 5.56 Å². The lowest BCUT2D eigenvalue weighted by atomic mass is 9.96. The molecule has 0 spiro atoms. The molecule has 0 aliphatic rings. The largest absolute Gasteiger partial charge is 0.212 e. The molecule has 106 valence electrons. The second-order valence-electron chi connectivity index (χ2n) is 5.91. The molecule has 1 heteroatoms.